The quantitative estimate of drug-likeness (QED) is 0.859. The van der Waals surface area contributed by atoms with Crippen LogP contribution in [0.25, 0.3) is 0 Å². The van der Waals surface area contributed by atoms with Gasteiger partial charge in [-0.3, -0.25) is 9.78 Å². The van der Waals surface area contributed by atoms with Gasteiger partial charge in [-0.1, -0.05) is 11.6 Å². The van der Waals surface area contributed by atoms with Crippen LogP contribution < -0.4 is 5.32 Å². The Morgan fingerprint density at radius 1 is 1.35 bits per heavy atom. The molecule has 4 nitrogen and oxygen atoms in total. The Morgan fingerprint density at radius 3 is 2.82 bits per heavy atom. The molecule has 0 saturated heterocycles. The molecule has 0 unspecified atom stereocenters. The molecule has 0 atom stereocenters. The fourth-order valence-electron chi connectivity index (χ4n) is 1.33. The molecule has 0 aliphatic carbocycles. The highest BCUT2D eigenvalue weighted by Crippen LogP contribution is 2.22. The smallest absolute Gasteiger partial charge is 0.259 e. The van der Waals surface area contributed by atoms with Gasteiger partial charge in [-0.05, 0) is 30.3 Å². The van der Waals surface area contributed by atoms with Crippen LogP contribution in [0.4, 0.5) is 5.69 Å². The number of nitrogens with one attached hydrogen (secondary N) is 1. The van der Waals surface area contributed by atoms with E-state index in [1.807, 2.05) is 0 Å². The average molecular weight is 249 g/mol. The number of phenols is 1. The topological polar surface area (TPSA) is 62.2 Å². The minimum absolute atomic E-state index is 0.154. The molecule has 2 rings (SSSR count). The van der Waals surface area contributed by atoms with Crippen LogP contribution in [0, 0.1) is 0 Å². The maximum absolute atomic E-state index is 11.8. The van der Waals surface area contributed by atoms with E-state index in [9.17, 15) is 9.90 Å². The van der Waals surface area contributed by atoms with E-state index in [1.54, 1.807) is 24.4 Å². The van der Waals surface area contributed by atoms with E-state index in [0.29, 0.717) is 10.7 Å². The van der Waals surface area contributed by atoms with Crippen molar-refractivity contribution in [3.63, 3.8) is 0 Å². The van der Waals surface area contributed by atoms with E-state index in [1.165, 1.54) is 18.3 Å². The molecule has 0 spiro atoms. The fraction of sp³-hybridized carbons (Fsp3) is 0. The number of rotatable bonds is 2. The lowest BCUT2D eigenvalue weighted by molar-refractivity contribution is 0.102. The van der Waals surface area contributed by atoms with E-state index in [4.69, 9.17) is 11.6 Å². The minimum atomic E-state index is -0.410. The molecular formula is C12H9ClN2O2. The van der Waals surface area contributed by atoms with Crippen molar-refractivity contribution >= 4 is 23.2 Å². The first-order valence-corrected chi connectivity index (χ1v) is 5.24. The number of benzene rings is 1. The first-order valence-electron chi connectivity index (χ1n) is 4.87. The lowest BCUT2D eigenvalue weighted by Gasteiger charge is -2.06. The van der Waals surface area contributed by atoms with Gasteiger partial charge in [0.1, 0.15) is 5.75 Å². The molecule has 0 saturated carbocycles. The summed E-state index contributed by atoms with van der Waals surface area (Å²) in [6.07, 6.45) is 3.13. The second-order valence-corrected chi connectivity index (χ2v) is 3.79. The summed E-state index contributed by atoms with van der Waals surface area (Å²) in [5.41, 5.74) is 0.727. The molecule has 0 aliphatic heterocycles. The van der Waals surface area contributed by atoms with Crippen LogP contribution in [-0.4, -0.2) is 16.0 Å². The highest BCUT2D eigenvalue weighted by atomic mass is 35.5. The molecule has 0 radical (unpaired) electrons. The van der Waals surface area contributed by atoms with Crippen molar-refractivity contribution < 1.29 is 9.90 Å². The number of amides is 1. The van der Waals surface area contributed by atoms with E-state index >= 15 is 0 Å². The summed E-state index contributed by atoms with van der Waals surface area (Å²) < 4.78 is 0. The largest absolute Gasteiger partial charge is 0.507 e. The van der Waals surface area contributed by atoms with Crippen molar-refractivity contribution in [2.24, 2.45) is 0 Å². The summed E-state index contributed by atoms with van der Waals surface area (Å²) in [4.78, 5) is 15.7. The highest BCUT2D eigenvalue weighted by Gasteiger charge is 2.11. The molecule has 17 heavy (non-hydrogen) atoms. The lowest BCUT2D eigenvalue weighted by Crippen LogP contribution is -2.12. The molecule has 1 aromatic heterocycles. The number of hydrogen-bond acceptors (Lipinski definition) is 3. The maximum Gasteiger partial charge on any atom is 0.259 e. The third-order valence-electron chi connectivity index (χ3n) is 2.12. The zero-order chi connectivity index (χ0) is 12.3. The summed E-state index contributed by atoms with van der Waals surface area (Å²) in [5, 5.41) is 12.6. The Hall–Kier alpha value is -2.07. The van der Waals surface area contributed by atoms with Gasteiger partial charge in [0, 0.05) is 11.2 Å². The van der Waals surface area contributed by atoms with Crippen molar-refractivity contribution in [3.05, 3.63) is 53.3 Å². The molecule has 0 bridgehead atoms. The SMILES string of the molecule is O=C(Nc1cccnc1)c1ccc(Cl)cc1O. The number of aromatic nitrogens is 1. The van der Waals surface area contributed by atoms with Crippen LogP contribution in [0.15, 0.2) is 42.7 Å². The van der Waals surface area contributed by atoms with Gasteiger partial charge in [0.15, 0.2) is 0 Å². The summed E-state index contributed by atoms with van der Waals surface area (Å²) in [5.74, 6) is -0.564. The first kappa shape index (κ1) is 11.4. The van der Waals surface area contributed by atoms with Gasteiger partial charge in [0.25, 0.3) is 5.91 Å². The predicted octanol–water partition coefficient (Wildman–Crippen LogP) is 2.69. The van der Waals surface area contributed by atoms with E-state index in [2.05, 4.69) is 10.3 Å². The number of phenolic OH excluding ortho intramolecular Hbond substituents is 1. The molecular weight excluding hydrogens is 240 g/mol. The molecule has 5 heteroatoms. The van der Waals surface area contributed by atoms with Crippen molar-refractivity contribution in [2.45, 2.75) is 0 Å². The van der Waals surface area contributed by atoms with Gasteiger partial charge in [0.2, 0.25) is 0 Å². The van der Waals surface area contributed by atoms with E-state index < -0.39 is 5.91 Å². The third kappa shape index (κ3) is 2.73. The molecule has 1 amide bonds. The Balaban J connectivity index is 2.21. The molecule has 1 heterocycles. The number of carbonyl (C=O) groups is 1. The van der Waals surface area contributed by atoms with Gasteiger partial charge >= 0.3 is 0 Å². The summed E-state index contributed by atoms with van der Waals surface area (Å²) >= 11 is 5.68. The molecule has 2 N–H and O–H groups in total. The Kier molecular flexibility index (Phi) is 3.25. The first-order chi connectivity index (χ1) is 8.16. The summed E-state index contributed by atoms with van der Waals surface area (Å²) in [6.45, 7) is 0. The van der Waals surface area contributed by atoms with Crippen molar-refractivity contribution in [3.8, 4) is 5.75 Å². The highest BCUT2D eigenvalue weighted by molar-refractivity contribution is 6.30. The molecule has 0 fully saturated rings. The van der Waals surface area contributed by atoms with Crippen molar-refractivity contribution in [2.75, 3.05) is 5.32 Å². The predicted molar refractivity (Wildman–Crippen MR) is 65.3 cm³/mol. The number of carbonyl (C=O) groups excluding carboxylic acids is 1. The molecule has 86 valence electrons. The van der Waals surface area contributed by atoms with Gasteiger partial charge in [-0.25, -0.2) is 0 Å². The van der Waals surface area contributed by atoms with Crippen LogP contribution >= 0.6 is 11.6 Å². The van der Waals surface area contributed by atoms with Crippen LogP contribution in [0.1, 0.15) is 10.4 Å². The third-order valence-corrected chi connectivity index (χ3v) is 2.36. The zero-order valence-electron chi connectivity index (χ0n) is 8.72. The number of hydrogen-bond donors (Lipinski definition) is 2. The standard InChI is InChI=1S/C12H9ClN2O2/c13-8-3-4-10(11(16)6-8)12(17)15-9-2-1-5-14-7-9/h1-7,16H,(H,15,17). The monoisotopic (exact) mass is 248 g/mol. The number of pyridine rings is 1. The van der Waals surface area contributed by atoms with Gasteiger partial charge in [-0.15, -0.1) is 0 Å². The zero-order valence-corrected chi connectivity index (χ0v) is 9.48. The second-order valence-electron chi connectivity index (χ2n) is 3.36. The number of halogens is 1. The van der Waals surface area contributed by atoms with Crippen LogP contribution in [0.3, 0.4) is 0 Å². The number of anilines is 1. The fourth-order valence-corrected chi connectivity index (χ4v) is 1.50. The maximum atomic E-state index is 11.8. The van der Waals surface area contributed by atoms with E-state index in [0.717, 1.165) is 0 Å². The van der Waals surface area contributed by atoms with Gasteiger partial charge in [-0.2, -0.15) is 0 Å². The molecule has 0 aliphatic rings. The van der Waals surface area contributed by atoms with E-state index in [-0.39, 0.29) is 11.3 Å². The Bertz CT molecular complexity index is 543. The second kappa shape index (κ2) is 4.84. The normalized spacial score (nSPS) is 9.94. The average Bonchev–Trinajstić information content (AvgIpc) is 2.30. The summed E-state index contributed by atoms with van der Waals surface area (Å²) in [7, 11) is 0. The van der Waals surface area contributed by atoms with Crippen LogP contribution in [0.5, 0.6) is 5.75 Å². The Morgan fingerprint density at radius 2 is 2.18 bits per heavy atom. The van der Waals surface area contributed by atoms with Crippen LogP contribution in [0.2, 0.25) is 5.02 Å². The van der Waals surface area contributed by atoms with Crippen molar-refractivity contribution in [1.82, 2.24) is 4.98 Å². The van der Waals surface area contributed by atoms with Crippen molar-refractivity contribution in [1.29, 1.82) is 0 Å². The lowest BCUT2D eigenvalue weighted by atomic mass is 10.2. The Labute approximate surface area is 103 Å². The number of aromatic hydroxyl groups is 1. The minimum Gasteiger partial charge on any atom is -0.507 e. The van der Waals surface area contributed by atoms with Gasteiger partial charge in [0.05, 0.1) is 17.4 Å². The van der Waals surface area contributed by atoms with Gasteiger partial charge < -0.3 is 10.4 Å². The molecule has 1 aromatic carbocycles. The number of nitrogens with zero attached hydrogens (tertiary/aromatic N) is 1. The van der Waals surface area contributed by atoms with Crippen LogP contribution in [-0.2, 0) is 0 Å². The molecule has 2 aromatic rings. The summed E-state index contributed by atoms with van der Waals surface area (Å²) in [6, 6.07) is 7.73.